The quantitative estimate of drug-likeness (QED) is 0.773. The summed E-state index contributed by atoms with van der Waals surface area (Å²) < 4.78 is 24.9. The van der Waals surface area contributed by atoms with E-state index in [1.165, 1.54) is 6.07 Å². The first-order valence-corrected chi connectivity index (χ1v) is 9.52. The Morgan fingerprint density at radius 3 is 2.48 bits per heavy atom. The van der Waals surface area contributed by atoms with E-state index in [9.17, 15) is 14.4 Å². The van der Waals surface area contributed by atoms with E-state index in [0.717, 1.165) is 0 Å². The minimum Gasteiger partial charge on any atom is -0.493 e. The third-order valence-corrected chi connectivity index (χ3v) is 4.78. The monoisotopic (exact) mass is 397 g/mol. The molecule has 1 saturated heterocycles. The highest BCUT2D eigenvalue weighted by atomic mass is 19.1. The number of halogens is 1. The van der Waals surface area contributed by atoms with Crippen LogP contribution in [0.3, 0.4) is 0 Å². The van der Waals surface area contributed by atoms with E-state index in [0.29, 0.717) is 48.9 Å². The predicted molar refractivity (Wildman–Crippen MR) is 108 cm³/mol. The van der Waals surface area contributed by atoms with Gasteiger partial charge in [-0.15, -0.1) is 0 Å². The van der Waals surface area contributed by atoms with Crippen LogP contribution in [0.4, 0.5) is 10.1 Å². The lowest BCUT2D eigenvalue weighted by Crippen LogP contribution is -2.49. The zero-order valence-electron chi connectivity index (χ0n) is 16.8. The van der Waals surface area contributed by atoms with Crippen molar-refractivity contribution in [3.8, 4) is 17.6 Å². The van der Waals surface area contributed by atoms with E-state index >= 15 is 0 Å². The Labute approximate surface area is 170 Å². The predicted octanol–water partition coefficient (Wildman–Crippen LogP) is 3.46. The van der Waals surface area contributed by atoms with Crippen LogP contribution in [0.25, 0.3) is 0 Å². The minimum absolute atomic E-state index is 0.000320. The first-order chi connectivity index (χ1) is 13.9. The van der Waals surface area contributed by atoms with Gasteiger partial charge >= 0.3 is 0 Å². The molecule has 0 aliphatic carbocycles. The van der Waals surface area contributed by atoms with Crippen LogP contribution in [0.5, 0.6) is 11.5 Å². The van der Waals surface area contributed by atoms with Crippen LogP contribution in [0.15, 0.2) is 36.4 Å². The van der Waals surface area contributed by atoms with Crippen molar-refractivity contribution >= 4 is 11.6 Å². The van der Waals surface area contributed by atoms with Crippen molar-refractivity contribution in [2.45, 2.75) is 20.0 Å². The van der Waals surface area contributed by atoms with Crippen molar-refractivity contribution in [1.29, 1.82) is 5.26 Å². The Morgan fingerprint density at radius 2 is 1.86 bits per heavy atom. The largest absolute Gasteiger partial charge is 0.493 e. The summed E-state index contributed by atoms with van der Waals surface area (Å²) in [4.78, 5) is 16.6. The van der Waals surface area contributed by atoms with Crippen molar-refractivity contribution in [3.05, 3.63) is 53.3 Å². The topological polar surface area (TPSA) is 65.8 Å². The number of piperazine rings is 1. The summed E-state index contributed by atoms with van der Waals surface area (Å²) in [7, 11) is 1.54. The molecule has 7 heteroatoms. The highest BCUT2D eigenvalue weighted by Gasteiger charge is 2.25. The maximum atomic E-state index is 13.9. The van der Waals surface area contributed by atoms with Gasteiger partial charge in [-0.25, -0.2) is 4.39 Å². The second-order valence-electron chi connectivity index (χ2n) is 7.06. The zero-order chi connectivity index (χ0) is 21.0. The Kier molecular flexibility index (Phi) is 6.23. The van der Waals surface area contributed by atoms with Crippen LogP contribution in [0, 0.1) is 17.1 Å². The molecule has 1 amide bonds. The van der Waals surface area contributed by atoms with E-state index in [1.807, 2.05) is 24.8 Å². The summed E-state index contributed by atoms with van der Waals surface area (Å²) in [5.74, 6) is 0.485. The molecule has 29 heavy (non-hydrogen) atoms. The molecular formula is C22H24FN3O3. The number of ether oxygens (including phenoxy) is 2. The second-order valence-corrected chi connectivity index (χ2v) is 7.06. The summed E-state index contributed by atoms with van der Waals surface area (Å²) in [5.41, 5.74) is 1.13. The number of amides is 1. The molecule has 0 atom stereocenters. The van der Waals surface area contributed by atoms with Gasteiger partial charge in [-0.1, -0.05) is 6.07 Å². The number of anilines is 1. The summed E-state index contributed by atoms with van der Waals surface area (Å²) in [6.07, 6.45) is -0.000320. The first kappa shape index (κ1) is 20.5. The Bertz CT molecular complexity index is 931. The van der Waals surface area contributed by atoms with Gasteiger partial charge in [0.2, 0.25) is 0 Å². The molecule has 2 aromatic rings. The van der Waals surface area contributed by atoms with Gasteiger partial charge in [-0.2, -0.15) is 5.26 Å². The van der Waals surface area contributed by atoms with E-state index in [4.69, 9.17) is 9.47 Å². The molecule has 0 saturated carbocycles. The van der Waals surface area contributed by atoms with Gasteiger partial charge < -0.3 is 19.3 Å². The lowest BCUT2D eigenvalue weighted by Gasteiger charge is -2.36. The third kappa shape index (κ3) is 4.43. The number of nitrogens with zero attached hydrogens (tertiary/aromatic N) is 3. The fourth-order valence-corrected chi connectivity index (χ4v) is 3.37. The number of hydrogen-bond donors (Lipinski definition) is 0. The van der Waals surface area contributed by atoms with E-state index in [-0.39, 0.29) is 17.6 Å². The normalized spacial score (nSPS) is 13.9. The highest BCUT2D eigenvalue weighted by molar-refractivity contribution is 5.95. The molecule has 0 radical (unpaired) electrons. The number of carbonyl (C=O) groups is 1. The summed E-state index contributed by atoms with van der Waals surface area (Å²) in [6.45, 7) is 5.85. The highest BCUT2D eigenvalue weighted by Crippen LogP contribution is 2.30. The van der Waals surface area contributed by atoms with Crippen LogP contribution in [-0.4, -0.2) is 50.2 Å². The molecule has 2 aromatic carbocycles. The number of methoxy groups -OCH3 is 1. The van der Waals surface area contributed by atoms with Crippen LogP contribution < -0.4 is 14.4 Å². The van der Waals surface area contributed by atoms with Gasteiger partial charge in [0.25, 0.3) is 5.91 Å². The van der Waals surface area contributed by atoms with Gasteiger partial charge in [-0.05, 0) is 44.2 Å². The Hall–Kier alpha value is -3.27. The van der Waals surface area contributed by atoms with Crippen molar-refractivity contribution in [2.24, 2.45) is 0 Å². The second kappa shape index (κ2) is 8.82. The molecular weight excluding hydrogens is 373 g/mol. The average molecular weight is 397 g/mol. The first-order valence-electron chi connectivity index (χ1n) is 9.52. The van der Waals surface area contributed by atoms with E-state index < -0.39 is 5.82 Å². The molecule has 0 bridgehead atoms. The van der Waals surface area contributed by atoms with Crippen LogP contribution in [0.1, 0.15) is 29.8 Å². The fraction of sp³-hybridized carbons (Fsp3) is 0.364. The minimum atomic E-state index is -0.528. The number of hydrogen-bond acceptors (Lipinski definition) is 5. The maximum Gasteiger partial charge on any atom is 0.254 e. The summed E-state index contributed by atoms with van der Waals surface area (Å²) >= 11 is 0. The van der Waals surface area contributed by atoms with Crippen LogP contribution >= 0.6 is 0 Å². The number of carbonyl (C=O) groups excluding carboxylic acids is 1. The van der Waals surface area contributed by atoms with Gasteiger partial charge in [0.05, 0.1) is 18.9 Å². The SMILES string of the molecule is COc1cc(C(=O)N2CCN(c3cccc(F)c3C#N)CC2)ccc1OC(C)C. The average Bonchev–Trinajstić information content (AvgIpc) is 2.73. The molecule has 1 aliphatic heterocycles. The fourth-order valence-electron chi connectivity index (χ4n) is 3.37. The molecule has 0 N–H and O–H groups in total. The third-order valence-electron chi connectivity index (χ3n) is 4.78. The van der Waals surface area contributed by atoms with Crippen LogP contribution in [-0.2, 0) is 0 Å². The molecule has 1 fully saturated rings. The summed E-state index contributed by atoms with van der Waals surface area (Å²) in [6, 6.07) is 11.7. The molecule has 1 aliphatic rings. The molecule has 1 heterocycles. The molecule has 6 nitrogen and oxygen atoms in total. The summed E-state index contributed by atoms with van der Waals surface area (Å²) in [5, 5.41) is 9.24. The molecule has 0 unspecified atom stereocenters. The lowest BCUT2D eigenvalue weighted by molar-refractivity contribution is 0.0746. The molecule has 152 valence electrons. The van der Waals surface area contributed by atoms with E-state index in [1.54, 1.807) is 42.3 Å². The maximum absolute atomic E-state index is 13.9. The van der Waals surface area contributed by atoms with Crippen molar-refractivity contribution in [2.75, 3.05) is 38.2 Å². The van der Waals surface area contributed by atoms with Gasteiger partial charge in [0.1, 0.15) is 17.4 Å². The lowest BCUT2D eigenvalue weighted by atomic mass is 10.1. The zero-order valence-corrected chi connectivity index (χ0v) is 16.8. The number of benzene rings is 2. The molecule has 0 spiro atoms. The van der Waals surface area contributed by atoms with Gasteiger partial charge in [0.15, 0.2) is 11.5 Å². The Balaban J connectivity index is 1.71. The standard InChI is InChI=1S/C22H24FN3O3/c1-15(2)29-20-8-7-16(13-21(20)28-3)22(27)26-11-9-25(10-12-26)19-6-4-5-18(23)17(19)14-24/h4-8,13,15H,9-12H2,1-3H3. The van der Waals surface area contributed by atoms with Crippen LogP contribution in [0.2, 0.25) is 0 Å². The van der Waals surface area contributed by atoms with Crippen molar-refractivity contribution < 1.29 is 18.7 Å². The Morgan fingerprint density at radius 1 is 1.14 bits per heavy atom. The van der Waals surface area contributed by atoms with Crippen molar-refractivity contribution in [3.63, 3.8) is 0 Å². The van der Waals surface area contributed by atoms with Gasteiger partial charge in [-0.3, -0.25) is 4.79 Å². The molecule has 3 rings (SSSR count). The van der Waals surface area contributed by atoms with E-state index in [2.05, 4.69) is 0 Å². The molecule has 0 aromatic heterocycles. The smallest absolute Gasteiger partial charge is 0.254 e. The van der Waals surface area contributed by atoms with Gasteiger partial charge in [0, 0.05) is 31.7 Å². The van der Waals surface area contributed by atoms with Crippen molar-refractivity contribution in [1.82, 2.24) is 4.90 Å². The number of rotatable bonds is 5. The number of nitriles is 1.